The van der Waals surface area contributed by atoms with Gasteiger partial charge < -0.3 is 9.29 Å². The highest BCUT2D eigenvalue weighted by Crippen LogP contribution is 2.34. The molecule has 4 nitrogen and oxygen atoms in total. The molecular weight excluding hydrogens is 423 g/mol. The van der Waals surface area contributed by atoms with Crippen molar-refractivity contribution in [2.75, 3.05) is 6.61 Å². The van der Waals surface area contributed by atoms with Crippen molar-refractivity contribution in [2.24, 2.45) is 0 Å². The summed E-state index contributed by atoms with van der Waals surface area (Å²) in [6.45, 7) is 6.95. The summed E-state index contributed by atoms with van der Waals surface area (Å²) in [6.07, 6.45) is -4.76. The van der Waals surface area contributed by atoms with E-state index < -0.39 is 39.9 Å². The molecule has 0 aliphatic carbocycles. The third-order valence-electron chi connectivity index (χ3n) is 3.13. The molecule has 2 atom stereocenters. The summed E-state index contributed by atoms with van der Waals surface area (Å²) in [7, 11) is 0. The molecule has 0 bridgehead atoms. The fraction of sp³-hybridized carbons (Fsp3) is 0.562. The number of hydrogen-bond donors (Lipinski definition) is 1. The Hall–Kier alpha value is -0.770. The molecule has 0 radical (unpaired) electrons. The standard InChI is InChI=1S/C16H21BrF3NO3S/c1-5-24-14(22)9-13(21-25(23)15(2,3)4)10-6-11(16(18,19)20)8-12(17)7-10/h6-8,13,21H,5,9H2,1-4H3/t13-,25+/m0/s1. The van der Waals surface area contributed by atoms with Gasteiger partial charge in [0.1, 0.15) is 4.75 Å². The van der Waals surface area contributed by atoms with Crippen LogP contribution in [0, 0.1) is 0 Å². The fourth-order valence-corrected chi connectivity index (χ4v) is 3.24. The van der Waals surface area contributed by atoms with Gasteiger partial charge in [-0.25, -0.2) is 0 Å². The lowest BCUT2D eigenvalue weighted by molar-refractivity contribution is -0.143. The third-order valence-corrected chi connectivity index (χ3v) is 5.20. The van der Waals surface area contributed by atoms with Crippen molar-refractivity contribution < 1.29 is 27.3 Å². The number of ether oxygens (including phenoxy) is 1. The van der Waals surface area contributed by atoms with E-state index in [4.69, 9.17) is 4.74 Å². The van der Waals surface area contributed by atoms with Crippen LogP contribution in [-0.2, 0) is 27.1 Å². The number of esters is 1. The molecule has 0 saturated heterocycles. The second-order valence-electron chi connectivity index (χ2n) is 6.33. The molecule has 0 aromatic heterocycles. The molecular formula is C16H21BrF3NO3S. The van der Waals surface area contributed by atoms with E-state index in [0.29, 0.717) is 0 Å². The van der Waals surface area contributed by atoms with Crippen molar-refractivity contribution in [1.82, 2.24) is 4.72 Å². The van der Waals surface area contributed by atoms with Crippen molar-refractivity contribution >= 4 is 33.3 Å². The van der Waals surface area contributed by atoms with Gasteiger partial charge in [0.15, 0.2) is 0 Å². The van der Waals surface area contributed by atoms with E-state index >= 15 is 0 Å². The lowest BCUT2D eigenvalue weighted by atomic mass is 10.0. The number of nitrogens with one attached hydrogen (secondary N) is 1. The van der Waals surface area contributed by atoms with Crippen molar-refractivity contribution in [1.29, 1.82) is 0 Å². The van der Waals surface area contributed by atoms with Gasteiger partial charge >= 0.3 is 12.1 Å². The zero-order valence-corrected chi connectivity index (χ0v) is 16.8. The topological polar surface area (TPSA) is 61.4 Å². The Morgan fingerprint density at radius 3 is 2.40 bits per heavy atom. The van der Waals surface area contributed by atoms with Crippen LogP contribution in [0.4, 0.5) is 13.2 Å². The molecule has 1 aromatic rings. The van der Waals surface area contributed by atoms with Crippen LogP contribution in [-0.4, -0.2) is 21.9 Å². The molecule has 25 heavy (non-hydrogen) atoms. The first-order valence-corrected chi connectivity index (χ1v) is 9.50. The number of rotatable bonds is 6. The van der Waals surface area contributed by atoms with Crippen molar-refractivity contribution in [3.63, 3.8) is 0 Å². The van der Waals surface area contributed by atoms with Crippen molar-refractivity contribution in [3.8, 4) is 0 Å². The molecule has 0 heterocycles. The van der Waals surface area contributed by atoms with Crippen LogP contribution in [0.15, 0.2) is 22.7 Å². The monoisotopic (exact) mass is 443 g/mol. The summed E-state index contributed by atoms with van der Waals surface area (Å²) in [5, 5.41) is 0. The van der Waals surface area contributed by atoms with E-state index in [1.165, 1.54) is 6.07 Å². The molecule has 0 aliphatic rings. The molecule has 0 saturated carbocycles. The lowest BCUT2D eigenvalue weighted by Crippen LogP contribution is -2.42. The average molecular weight is 444 g/mol. The van der Waals surface area contributed by atoms with E-state index in [2.05, 4.69) is 20.7 Å². The zero-order chi connectivity index (χ0) is 19.4. The van der Waals surface area contributed by atoms with Gasteiger partial charge in [-0.05, 0) is 51.5 Å². The minimum absolute atomic E-state index is 0.153. The lowest BCUT2D eigenvalue weighted by Gasteiger charge is -2.28. The Morgan fingerprint density at radius 1 is 1.32 bits per heavy atom. The maximum atomic E-state index is 13.1. The fourth-order valence-electron chi connectivity index (χ4n) is 1.90. The predicted molar refractivity (Wildman–Crippen MR) is 94.2 cm³/mol. The molecule has 9 heteroatoms. The molecule has 0 fully saturated rings. The molecule has 0 aliphatic heterocycles. The van der Waals surface area contributed by atoms with Crippen LogP contribution < -0.4 is 4.72 Å². The highest BCUT2D eigenvalue weighted by Gasteiger charge is 2.34. The first-order chi connectivity index (χ1) is 11.3. The van der Waals surface area contributed by atoms with Crippen molar-refractivity contribution in [3.05, 3.63) is 33.8 Å². The summed E-state index contributed by atoms with van der Waals surface area (Å²) in [5.74, 6) is -0.584. The van der Waals surface area contributed by atoms with Gasteiger partial charge in [0.25, 0.3) is 0 Å². The van der Waals surface area contributed by atoms with Gasteiger partial charge in [0, 0.05) is 15.8 Å². The first kappa shape index (κ1) is 22.3. The molecule has 0 unspecified atom stereocenters. The number of hydrogen-bond acceptors (Lipinski definition) is 4. The zero-order valence-electron chi connectivity index (χ0n) is 14.4. The third kappa shape index (κ3) is 7.16. The molecule has 1 N–H and O–H groups in total. The Morgan fingerprint density at radius 2 is 1.92 bits per heavy atom. The minimum Gasteiger partial charge on any atom is -0.598 e. The smallest absolute Gasteiger partial charge is 0.416 e. The van der Waals surface area contributed by atoms with Crippen molar-refractivity contribution in [2.45, 2.75) is 51.1 Å². The van der Waals surface area contributed by atoms with Gasteiger partial charge in [0.2, 0.25) is 0 Å². The predicted octanol–water partition coefficient (Wildman–Crippen LogP) is 4.51. The Bertz CT molecular complexity index is 605. The van der Waals surface area contributed by atoms with E-state index in [1.807, 2.05) is 0 Å². The van der Waals surface area contributed by atoms with E-state index in [0.717, 1.165) is 12.1 Å². The SMILES string of the molecule is CCOC(=O)C[C@H](N[S@+]([O-])C(C)(C)C)c1cc(Br)cc(C(F)(F)F)c1. The van der Waals surface area contributed by atoms with Gasteiger partial charge in [-0.15, -0.1) is 4.72 Å². The Kier molecular flexibility index (Phi) is 7.79. The van der Waals surface area contributed by atoms with Crippen LogP contribution in [0.3, 0.4) is 0 Å². The normalized spacial score (nSPS) is 14.9. The van der Waals surface area contributed by atoms with E-state index in [1.54, 1.807) is 27.7 Å². The highest BCUT2D eigenvalue weighted by atomic mass is 79.9. The van der Waals surface area contributed by atoms with Gasteiger partial charge in [-0.2, -0.15) is 13.2 Å². The van der Waals surface area contributed by atoms with Gasteiger partial charge in [-0.3, -0.25) is 4.79 Å². The molecule has 1 aromatic carbocycles. The number of benzene rings is 1. The summed E-state index contributed by atoms with van der Waals surface area (Å²) in [5.41, 5.74) is -0.651. The number of carbonyl (C=O) groups excluding carboxylic acids is 1. The summed E-state index contributed by atoms with van der Waals surface area (Å²) in [6, 6.07) is 2.48. The summed E-state index contributed by atoms with van der Waals surface area (Å²) >= 11 is 1.48. The molecule has 1 rings (SSSR count). The second-order valence-corrected chi connectivity index (χ2v) is 9.25. The Labute approximate surface area is 156 Å². The van der Waals surface area contributed by atoms with E-state index in [9.17, 15) is 22.5 Å². The van der Waals surface area contributed by atoms with Crippen LogP contribution in [0.5, 0.6) is 0 Å². The highest BCUT2D eigenvalue weighted by molar-refractivity contribution is 9.10. The summed E-state index contributed by atoms with van der Waals surface area (Å²) < 4.78 is 58.7. The number of alkyl halides is 3. The molecule has 142 valence electrons. The molecule has 0 amide bonds. The summed E-state index contributed by atoms with van der Waals surface area (Å²) in [4.78, 5) is 11.8. The first-order valence-electron chi connectivity index (χ1n) is 7.56. The van der Waals surface area contributed by atoms with Crippen LogP contribution in [0.25, 0.3) is 0 Å². The number of halogens is 4. The van der Waals surface area contributed by atoms with Crippen LogP contribution in [0.1, 0.15) is 51.3 Å². The van der Waals surface area contributed by atoms with Crippen LogP contribution in [0.2, 0.25) is 0 Å². The largest absolute Gasteiger partial charge is 0.598 e. The average Bonchev–Trinajstić information content (AvgIpc) is 2.44. The molecule has 0 spiro atoms. The second kappa shape index (κ2) is 8.75. The van der Waals surface area contributed by atoms with Gasteiger partial charge in [0.05, 0.1) is 24.6 Å². The minimum atomic E-state index is -4.53. The maximum Gasteiger partial charge on any atom is 0.416 e. The maximum absolute atomic E-state index is 13.1. The van der Waals surface area contributed by atoms with Crippen LogP contribution >= 0.6 is 15.9 Å². The number of carbonyl (C=O) groups is 1. The van der Waals surface area contributed by atoms with Gasteiger partial charge in [-0.1, -0.05) is 15.9 Å². The quantitative estimate of drug-likeness (QED) is 0.518. The Balaban J connectivity index is 3.22. The van der Waals surface area contributed by atoms with E-state index in [-0.39, 0.29) is 23.1 Å².